The molecule has 12 nitrogen and oxygen atoms in total. The highest BCUT2D eigenvalue weighted by Crippen LogP contribution is 2.41. The summed E-state index contributed by atoms with van der Waals surface area (Å²) in [6.45, 7) is 7.59. The van der Waals surface area contributed by atoms with Crippen molar-refractivity contribution in [2.45, 2.75) is 46.6 Å². The first kappa shape index (κ1) is 34.6. The minimum absolute atomic E-state index is 0.0476. The van der Waals surface area contributed by atoms with Gasteiger partial charge in [-0.25, -0.2) is 0 Å². The smallest absolute Gasteiger partial charge is 0.352 e. The molecule has 2 rings (SSSR count). The highest BCUT2D eigenvalue weighted by molar-refractivity contribution is 7.52. The van der Waals surface area contributed by atoms with Gasteiger partial charge in [-0.1, -0.05) is 29.3 Å². The van der Waals surface area contributed by atoms with Gasteiger partial charge in [0.15, 0.2) is 0 Å². The summed E-state index contributed by atoms with van der Waals surface area (Å²) in [7, 11) is -4.22. The van der Waals surface area contributed by atoms with E-state index in [4.69, 9.17) is 33.7 Å². The molecule has 1 fully saturated rings. The van der Waals surface area contributed by atoms with Gasteiger partial charge in [-0.05, 0) is 71.3 Å². The second-order valence-corrected chi connectivity index (χ2v) is 12.1. The monoisotopic (exact) mass is 607 g/mol. The minimum Gasteiger partial charge on any atom is -0.438 e. The zero-order chi connectivity index (χ0) is 29.6. The van der Waals surface area contributed by atoms with Crippen molar-refractivity contribution in [1.29, 1.82) is 0 Å². The van der Waals surface area contributed by atoms with Gasteiger partial charge in [0.2, 0.25) is 13.2 Å². The quantitative estimate of drug-likeness (QED) is 0.0666. The number of halogens is 2. The van der Waals surface area contributed by atoms with Gasteiger partial charge in [0.1, 0.15) is 12.0 Å². The maximum atomic E-state index is 12.3. The normalized spacial score (nSPS) is 16.3. The Morgan fingerprint density at radius 1 is 1.26 bits per heavy atom. The zero-order valence-electron chi connectivity index (χ0n) is 22.3. The SMILES string of the molecule is CC(C)(C)C(=O)OCOP(=O)(O)C/N=C/C(NC=O)=C(\N)C(=O)NC1CCNCC1.Cc1c(Cl)cccc1Cl. The van der Waals surface area contributed by atoms with Crippen LogP contribution in [0.5, 0.6) is 0 Å². The van der Waals surface area contributed by atoms with Gasteiger partial charge >= 0.3 is 13.6 Å². The number of piperidine rings is 1. The van der Waals surface area contributed by atoms with E-state index in [1.807, 2.05) is 25.1 Å². The number of amides is 2. The van der Waals surface area contributed by atoms with E-state index >= 15 is 0 Å². The Morgan fingerprint density at radius 2 is 1.85 bits per heavy atom. The Kier molecular flexibility index (Phi) is 14.7. The summed E-state index contributed by atoms with van der Waals surface area (Å²) in [6, 6.07) is 5.43. The molecule has 0 radical (unpaired) electrons. The van der Waals surface area contributed by atoms with Crippen molar-refractivity contribution >= 4 is 55.3 Å². The van der Waals surface area contributed by atoms with Gasteiger partial charge in [0.05, 0.1) is 11.1 Å². The summed E-state index contributed by atoms with van der Waals surface area (Å²) in [4.78, 5) is 48.1. The molecule has 0 spiro atoms. The summed E-state index contributed by atoms with van der Waals surface area (Å²) >= 11 is 11.5. The van der Waals surface area contributed by atoms with Gasteiger partial charge in [-0.2, -0.15) is 0 Å². The number of aliphatic imine (C=N–C) groups is 1. The topological polar surface area (TPSA) is 181 Å². The second-order valence-electron chi connectivity index (χ2n) is 9.45. The number of hydrogen-bond acceptors (Lipinski definition) is 9. The van der Waals surface area contributed by atoms with Crippen LogP contribution in [0.25, 0.3) is 0 Å². The Bertz CT molecular complexity index is 1080. The van der Waals surface area contributed by atoms with Crippen LogP contribution in [0.3, 0.4) is 0 Å². The van der Waals surface area contributed by atoms with Crippen LogP contribution in [-0.4, -0.2) is 61.6 Å². The number of nitrogens with one attached hydrogen (secondary N) is 3. The zero-order valence-corrected chi connectivity index (χ0v) is 24.7. The van der Waals surface area contributed by atoms with Crippen LogP contribution < -0.4 is 21.7 Å². The van der Waals surface area contributed by atoms with Gasteiger partial charge < -0.3 is 31.3 Å². The molecule has 1 saturated heterocycles. The van der Waals surface area contributed by atoms with Crippen molar-refractivity contribution < 1.29 is 33.1 Å². The Morgan fingerprint density at radius 3 is 2.36 bits per heavy atom. The lowest BCUT2D eigenvalue weighted by atomic mass is 9.98. The van der Waals surface area contributed by atoms with Gasteiger partial charge in [0, 0.05) is 22.3 Å². The predicted molar refractivity (Wildman–Crippen MR) is 150 cm³/mol. The third-order valence-corrected chi connectivity index (χ3v) is 7.01. The summed E-state index contributed by atoms with van der Waals surface area (Å²) in [6.07, 6.45) is 2.07. The van der Waals surface area contributed by atoms with Gasteiger partial charge in [-0.3, -0.25) is 28.5 Å². The Labute approximate surface area is 238 Å². The number of carbonyl (C=O) groups excluding carboxylic acids is 3. The molecule has 218 valence electrons. The van der Waals surface area contributed by atoms with Gasteiger partial charge in [0.25, 0.3) is 5.91 Å². The standard InChI is InChI=1S/C17H30N5O7P.C7H6Cl2/c1-17(2,3)16(25)28-11-29-30(26,27)10-20-8-13(21-9-23)14(18)15(24)22-12-4-6-19-7-5-12;1-5-6(8)3-2-4-7(5)9/h8-9,12,19H,4-7,10-11,18H2,1-3H3,(H,21,23)(H,22,24)(H,26,27);2-4H,1H3/b14-13+,20-8+;. The molecule has 1 aromatic rings. The summed E-state index contributed by atoms with van der Waals surface area (Å²) < 4.78 is 21.4. The summed E-state index contributed by atoms with van der Waals surface area (Å²) in [5.41, 5.74) is 5.53. The van der Waals surface area contributed by atoms with Crippen molar-refractivity contribution in [1.82, 2.24) is 16.0 Å². The molecule has 0 aromatic heterocycles. The van der Waals surface area contributed by atoms with Crippen molar-refractivity contribution in [3.63, 3.8) is 0 Å². The number of hydrogen-bond donors (Lipinski definition) is 5. The Hall–Kier alpha value is -2.47. The third-order valence-electron chi connectivity index (χ3n) is 5.16. The van der Waals surface area contributed by atoms with E-state index in [1.165, 1.54) is 0 Å². The number of nitrogens with two attached hydrogens (primary N) is 1. The van der Waals surface area contributed by atoms with Crippen LogP contribution in [-0.2, 0) is 28.2 Å². The van der Waals surface area contributed by atoms with Gasteiger partial charge in [-0.15, -0.1) is 0 Å². The first-order chi connectivity index (χ1) is 18.2. The molecule has 39 heavy (non-hydrogen) atoms. The average molecular weight is 608 g/mol. The van der Waals surface area contributed by atoms with Crippen LogP contribution in [0.15, 0.2) is 34.6 Å². The van der Waals surface area contributed by atoms with E-state index < -0.39 is 38.0 Å². The number of esters is 1. The lowest BCUT2D eigenvalue weighted by Gasteiger charge is -2.23. The van der Waals surface area contributed by atoms with Crippen molar-refractivity contribution in [3.8, 4) is 0 Å². The third kappa shape index (κ3) is 13.4. The molecule has 1 unspecified atom stereocenters. The molecular formula is C24H36Cl2N5O7P. The van der Waals surface area contributed by atoms with E-state index in [0.29, 0.717) is 6.41 Å². The second kappa shape index (κ2) is 16.6. The van der Waals surface area contributed by atoms with E-state index in [1.54, 1.807) is 20.8 Å². The number of allylic oxidation sites excluding steroid dienone is 1. The molecule has 1 atom stereocenters. The summed E-state index contributed by atoms with van der Waals surface area (Å²) in [5.74, 6) is -1.19. The molecule has 1 aliphatic heterocycles. The fourth-order valence-corrected chi connectivity index (χ4v) is 3.82. The molecule has 0 saturated carbocycles. The Balaban J connectivity index is 0.000000708. The maximum Gasteiger partial charge on any atom is 0.352 e. The first-order valence-corrected chi connectivity index (χ1v) is 14.5. The molecule has 1 aromatic carbocycles. The molecule has 6 N–H and O–H groups in total. The van der Waals surface area contributed by atoms with E-state index in [2.05, 4.69) is 25.5 Å². The van der Waals surface area contributed by atoms with Crippen LogP contribution >= 0.6 is 30.8 Å². The van der Waals surface area contributed by atoms with E-state index in [0.717, 1.165) is 47.8 Å². The molecule has 15 heteroatoms. The lowest BCUT2D eigenvalue weighted by Crippen LogP contribution is -2.44. The maximum absolute atomic E-state index is 12.3. The molecule has 0 bridgehead atoms. The number of ether oxygens (including phenoxy) is 1. The number of benzene rings is 1. The van der Waals surface area contributed by atoms with Crippen LogP contribution in [0.2, 0.25) is 10.0 Å². The van der Waals surface area contributed by atoms with E-state index in [-0.39, 0.29) is 17.4 Å². The van der Waals surface area contributed by atoms with E-state index in [9.17, 15) is 23.8 Å². The highest BCUT2D eigenvalue weighted by Gasteiger charge is 2.25. The fraction of sp³-hybridized carbons (Fsp3) is 0.500. The van der Waals surface area contributed by atoms with Crippen LogP contribution in [0, 0.1) is 12.3 Å². The van der Waals surface area contributed by atoms with Crippen molar-refractivity contribution in [3.05, 3.63) is 45.2 Å². The summed E-state index contributed by atoms with van der Waals surface area (Å²) in [5, 5.41) is 9.60. The fourth-order valence-electron chi connectivity index (χ4n) is 2.84. The number of nitrogens with zero attached hydrogens (tertiary/aromatic N) is 1. The molecular weight excluding hydrogens is 572 g/mol. The first-order valence-electron chi connectivity index (χ1n) is 11.9. The highest BCUT2D eigenvalue weighted by atomic mass is 35.5. The minimum atomic E-state index is -4.22. The van der Waals surface area contributed by atoms with Crippen molar-refractivity contribution in [2.24, 2.45) is 16.1 Å². The molecule has 0 aliphatic carbocycles. The number of rotatable bonds is 10. The largest absolute Gasteiger partial charge is 0.438 e. The molecule has 2 amide bonds. The lowest BCUT2D eigenvalue weighted by molar-refractivity contribution is -0.159. The van der Waals surface area contributed by atoms with Crippen LogP contribution in [0.4, 0.5) is 0 Å². The average Bonchev–Trinajstić information content (AvgIpc) is 2.86. The molecule has 1 heterocycles. The van der Waals surface area contributed by atoms with Crippen molar-refractivity contribution in [2.75, 3.05) is 26.2 Å². The predicted octanol–water partition coefficient (Wildman–Crippen LogP) is 2.85. The molecule has 1 aliphatic rings. The van der Waals surface area contributed by atoms with Crippen LogP contribution in [0.1, 0.15) is 39.2 Å². The number of carbonyl (C=O) groups is 3.